The molecular weight excluding hydrogens is 378 g/mol. The van der Waals surface area contributed by atoms with Crippen LogP contribution >= 0.6 is 23.1 Å². The summed E-state index contributed by atoms with van der Waals surface area (Å²) in [6, 6.07) is 0. The van der Waals surface area contributed by atoms with Crippen LogP contribution in [0.15, 0.2) is 10.5 Å². The first-order chi connectivity index (χ1) is 12.0. The van der Waals surface area contributed by atoms with Gasteiger partial charge in [-0.15, -0.1) is 11.3 Å². The highest BCUT2D eigenvalue weighted by molar-refractivity contribution is 7.98. The highest BCUT2D eigenvalue weighted by Crippen LogP contribution is 2.19. The van der Waals surface area contributed by atoms with Gasteiger partial charge in [0.15, 0.2) is 5.13 Å². The Hall–Kier alpha value is -1.81. The molecule has 0 radical (unpaired) electrons. The zero-order valence-corrected chi connectivity index (χ0v) is 17.5. The molecule has 0 unspecified atom stereocenters. The van der Waals surface area contributed by atoms with Crippen molar-refractivity contribution in [2.75, 3.05) is 24.3 Å². The molecule has 8 nitrogen and oxygen atoms in total. The smallest absolute Gasteiger partial charge is 0.362 e. The van der Waals surface area contributed by atoms with E-state index in [9.17, 15) is 9.59 Å². The summed E-state index contributed by atoms with van der Waals surface area (Å²) in [6.45, 7) is 8.45. The number of hydrogen-bond donors (Lipinski definition) is 1. The Morgan fingerprint density at radius 3 is 2.46 bits per heavy atom. The summed E-state index contributed by atoms with van der Waals surface area (Å²) in [5, 5.41) is 5.67. The Morgan fingerprint density at radius 1 is 1.31 bits per heavy atom. The molecule has 146 valence electrons. The van der Waals surface area contributed by atoms with E-state index in [2.05, 4.69) is 10.1 Å². The van der Waals surface area contributed by atoms with Gasteiger partial charge in [-0.05, 0) is 40.9 Å². The minimum Gasteiger partial charge on any atom is -0.460 e. The topological polar surface area (TPSA) is 113 Å². The maximum Gasteiger partial charge on any atom is 0.362 e. The Balaban J connectivity index is 2.99. The van der Waals surface area contributed by atoms with E-state index in [4.69, 9.17) is 20.0 Å². The van der Waals surface area contributed by atoms with Gasteiger partial charge in [-0.25, -0.2) is 14.6 Å². The van der Waals surface area contributed by atoms with Crippen molar-refractivity contribution in [3.05, 3.63) is 11.1 Å². The normalized spacial score (nSPS) is 12.6. The molecule has 2 N–H and O–H groups in total. The number of aromatic nitrogens is 1. The molecule has 0 aliphatic carbocycles. The third-order valence-electron chi connectivity index (χ3n) is 2.73. The number of rotatable bonds is 8. The number of carbonyl (C=O) groups is 2. The van der Waals surface area contributed by atoms with Crippen molar-refractivity contribution in [2.45, 2.75) is 45.8 Å². The highest BCUT2D eigenvalue weighted by Gasteiger charge is 2.36. The van der Waals surface area contributed by atoms with Crippen LogP contribution in [0.4, 0.5) is 5.13 Å². The molecule has 0 amide bonds. The second-order valence-electron chi connectivity index (χ2n) is 6.74. The molecule has 1 heterocycles. The number of nitrogens with zero attached hydrogens (tertiary/aromatic N) is 2. The minimum absolute atomic E-state index is 0.157. The fraction of sp³-hybridized carbons (Fsp3) is 0.625. The molecular formula is C16H25N3O5S2. The fourth-order valence-corrected chi connectivity index (χ4v) is 2.27. The monoisotopic (exact) mass is 403 g/mol. The molecule has 0 saturated heterocycles. The molecule has 26 heavy (non-hydrogen) atoms. The predicted octanol–water partition coefficient (Wildman–Crippen LogP) is 2.47. The van der Waals surface area contributed by atoms with Gasteiger partial charge >= 0.3 is 11.9 Å². The van der Waals surface area contributed by atoms with Gasteiger partial charge in [0.05, 0.1) is 0 Å². The van der Waals surface area contributed by atoms with Gasteiger partial charge in [0.2, 0.25) is 11.3 Å². The maximum absolute atomic E-state index is 12.3. The molecule has 1 rings (SSSR count). The van der Waals surface area contributed by atoms with Crippen LogP contribution in [0.25, 0.3) is 0 Å². The Bertz CT molecular complexity index is 665. The van der Waals surface area contributed by atoms with Crippen LogP contribution in [0.2, 0.25) is 0 Å². The summed E-state index contributed by atoms with van der Waals surface area (Å²) < 4.78 is 10.5. The number of ether oxygens (including phenoxy) is 2. The molecule has 0 fully saturated rings. The largest absolute Gasteiger partial charge is 0.460 e. The van der Waals surface area contributed by atoms with E-state index in [1.807, 2.05) is 6.26 Å². The van der Waals surface area contributed by atoms with Gasteiger partial charge in [-0.3, -0.25) is 0 Å². The third kappa shape index (κ3) is 7.20. The molecule has 1 aromatic heterocycles. The van der Waals surface area contributed by atoms with Crippen LogP contribution < -0.4 is 5.73 Å². The lowest BCUT2D eigenvalue weighted by Gasteiger charge is -2.26. The average Bonchev–Trinajstić information content (AvgIpc) is 2.92. The van der Waals surface area contributed by atoms with E-state index in [0.29, 0.717) is 5.75 Å². The number of oxime groups is 1. The number of anilines is 1. The summed E-state index contributed by atoms with van der Waals surface area (Å²) >= 11 is 2.69. The maximum atomic E-state index is 12.3. The second kappa shape index (κ2) is 9.22. The summed E-state index contributed by atoms with van der Waals surface area (Å²) in [4.78, 5) is 33.9. The number of esters is 2. The van der Waals surface area contributed by atoms with Gasteiger partial charge in [0.25, 0.3) is 0 Å². The Kier molecular flexibility index (Phi) is 7.88. The standard InChI is InChI=1S/C16H25N3O5S2/c1-15(2,3)23-13(21)16(4,5)24-19-11(10-9-26-14(17)18-10)12(20)22-7-8-25-6/h9H,7-8H2,1-6H3,(H2,17,18)/b19-11-. The molecule has 0 saturated carbocycles. The zero-order chi connectivity index (χ0) is 20.0. The van der Waals surface area contributed by atoms with Crippen molar-refractivity contribution >= 4 is 45.9 Å². The van der Waals surface area contributed by atoms with Crippen LogP contribution in [-0.4, -0.2) is 52.5 Å². The summed E-state index contributed by atoms with van der Waals surface area (Å²) in [5.74, 6) is -0.673. The van der Waals surface area contributed by atoms with E-state index < -0.39 is 23.1 Å². The van der Waals surface area contributed by atoms with Crippen LogP contribution in [0, 0.1) is 0 Å². The minimum atomic E-state index is -1.40. The van der Waals surface area contributed by atoms with Crippen molar-refractivity contribution in [1.82, 2.24) is 4.98 Å². The van der Waals surface area contributed by atoms with E-state index in [1.54, 1.807) is 26.2 Å². The third-order valence-corrected chi connectivity index (χ3v) is 3.98. The number of nitrogens with two attached hydrogens (primary N) is 1. The van der Waals surface area contributed by atoms with E-state index in [1.165, 1.54) is 25.6 Å². The molecule has 0 spiro atoms. The van der Waals surface area contributed by atoms with Gasteiger partial charge in [-0.1, -0.05) is 5.16 Å². The molecule has 0 aliphatic rings. The van der Waals surface area contributed by atoms with Crippen LogP contribution in [-0.2, 0) is 23.9 Å². The number of thiazole rings is 1. The number of carbonyl (C=O) groups excluding carboxylic acids is 2. The van der Waals surface area contributed by atoms with Crippen LogP contribution in [0.5, 0.6) is 0 Å². The number of nitrogen functional groups attached to an aromatic ring is 1. The van der Waals surface area contributed by atoms with Crippen molar-refractivity contribution in [3.8, 4) is 0 Å². The second-order valence-corrected chi connectivity index (χ2v) is 8.62. The van der Waals surface area contributed by atoms with Crippen LogP contribution in [0.3, 0.4) is 0 Å². The van der Waals surface area contributed by atoms with Crippen molar-refractivity contribution in [2.24, 2.45) is 5.16 Å². The molecule has 0 aliphatic heterocycles. The van der Waals surface area contributed by atoms with Crippen molar-refractivity contribution < 1.29 is 23.9 Å². The van der Waals surface area contributed by atoms with Gasteiger partial charge < -0.3 is 20.0 Å². The summed E-state index contributed by atoms with van der Waals surface area (Å²) in [5.41, 5.74) is 3.61. The zero-order valence-electron chi connectivity index (χ0n) is 15.8. The average molecular weight is 404 g/mol. The molecule has 0 aromatic carbocycles. The highest BCUT2D eigenvalue weighted by atomic mass is 32.2. The van der Waals surface area contributed by atoms with Crippen molar-refractivity contribution in [3.63, 3.8) is 0 Å². The van der Waals surface area contributed by atoms with Crippen LogP contribution in [0.1, 0.15) is 40.3 Å². The summed E-state index contributed by atoms with van der Waals surface area (Å²) in [7, 11) is 0. The van der Waals surface area contributed by atoms with E-state index in [-0.39, 0.29) is 23.1 Å². The first-order valence-corrected chi connectivity index (χ1v) is 10.1. The molecule has 0 bridgehead atoms. The quantitative estimate of drug-likeness (QED) is 0.305. The summed E-state index contributed by atoms with van der Waals surface area (Å²) in [6.07, 6.45) is 1.90. The number of thioether (sulfide) groups is 1. The lowest BCUT2D eigenvalue weighted by Crippen LogP contribution is -2.40. The van der Waals surface area contributed by atoms with Gasteiger partial charge in [-0.2, -0.15) is 11.8 Å². The SMILES string of the molecule is CSCCOC(=O)/C(=N\OC(C)(C)C(=O)OC(C)(C)C)c1csc(N)n1. The predicted molar refractivity (Wildman–Crippen MR) is 103 cm³/mol. The molecule has 1 aromatic rings. The first-order valence-electron chi connectivity index (χ1n) is 7.83. The number of hydrogen-bond acceptors (Lipinski definition) is 10. The fourth-order valence-electron chi connectivity index (χ4n) is 1.47. The Labute approximate surface area is 161 Å². The van der Waals surface area contributed by atoms with Gasteiger partial charge in [0, 0.05) is 11.1 Å². The Morgan fingerprint density at radius 2 is 1.96 bits per heavy atom. The lowest BCUT2D eigenvalue weighted by atomic mass is 10.1. The van der Waals surface area contributed by atoms with E-state index >= 15 is 0 Å². The van der Waals surface area contributed by atoms with Crippen molar-refractivity contribution in [1.29, 1.82) is 0 Å². The molecule has 0 atom stereocenters. The lowest BCUT2D eigenvalue weighted by molar-refractivity contribution is -0.179. The van der Waals surface area contributed by atoms with E-state index in [0.717, 1.165) is 11.3 Å². The molecule has 10 heteroatoms. The van der Waals surface area contributed by atoms with Gasteiger partial charge in [0.1, 0.15) is 17.9 Å². The first kappa shape index (κ1) is 22.2.